The molecule has 0 radical (unpaired) electrons. The Labute approximate surface area is 119 Å². The summed E-state index contributed by atoms with van der Waals surface area (Å²) in [6, 6.07) is 5.46. The number of nitrogens with zero attached hydrogens (tertiary/aromatic N) is 1. The standard InChI is InChI=1S/C15H21NO4/c1-19-13-4-3-11(14(10-13)20-2)9-15(18)16-7-5-12(17)6-8-16/h3-4,10,12,17H,5-9H2,1-2H3. The van der Waals surface area contributed by atoms with Gasteiger partial charge >= 0.3 is 0 Å². The van der Waals surface area contributed by atoms with E-state index < -0.39 is 0 Å². The van der Waals surface area contributed by atoms with Gasteiger partial charge in [0.1, 0.15) is 11.5 Å². The first-order valence-electron chi connectivity index (χ1n) is 6.80. The van der Waals surface area contributed by atoms with Crippen LogP contribution < -0.4 is 9.47 Å². The molecule has 1 aliphatic rings. The molecule has 2 rings (SSSR count). The van der Waals surface area contributed by atoms with Gasteiger partial charge < -0.3 is 19.5 Å². The number of amides is 1. The maximum Gasteiger partial charge on any atom is 0.227 e. The summed E-state index contributed by atoms with van der Waals surface area (Å²) in [6.07, 6.45) is 1.36. The third-order valence-corrected chi connectivity index (χ3v) is 3.65. The van der Waals surface area contributed by atoms with Crippen LogP contribution in [0.4, 0.5) is 0 Å². The Kier molecular flexibility index (Phi) is 4.84. The number of methoxy groups -OCH3 is 2. The number of piperidine rings is 1. The average Bonchev–Trinajstić information content (AvgIpc) is 2.48. The van der Waals surface area contributed by atoms with E-state index in [-0.39, 0.29) is 12.0 Å². The Hall–Kier alpha value is -1.75. The Morgan fingerprint density at radius 2 is 2.00 bits per heavy atom. The van der Waals surface area contributed by atoms with Crippen LogP contribution in [-0.2, 0) is 11.2 Å². The molecule has 1 fully saturated rings. The molecule has 0 aliphatic carbocycles. The van der Waals surface area contributed by atoms with Crippen molar-refractivity contribution in [2.45, 2.75) is 25.4 Å². The maximum absolute atomic E-state index is 12.3. The smallest absolute Gasteiger partial charge is 0.227 e. The molecule has 1 aromatic carbocycles. The van der Waals surface area contributed by atoms with Crippen molar-refractivity contribution in [3.05, 3.63) is 23.8 Å². The van der Waals surface area contributed by atoms with Crippen molar-refractivity contribution in [1.82, 2.24) is 4.90 Å². The number of aliphatic hydroxyl groups is 1. The number of likely N-dealkylation sites (tertiary alicyclic amines) is 1. The van der Waals surface area contributed by atoms with Crippen LogP contribution in [0.3, 0.4) is 0 Å². The number of ether oxygens (including phenoxy) is 2. The summed E-state index contributed by atoms with van der Waals surface area (Å²) in [7, 11) is 3.18. The van der Waals surface area contributed by atoms with Crippen molar-refractivity contribution >= 4 is 5.91 Å². The lowest BCUT2D eigenvalue weighted by Crippen LogP contribution is -2.40. The number of carbonyl (C=O) groups is 1. The van der Waals surface area contributed by atoms with E-state index in [0.29, 0.717) is 43.9 Å². The fourth-order valence-corrected chi connectivity index (χ4v) is 2.39. The highest BCUT2D eigenvalue weighted by Crippen LogP contribution is 2.25. The molecule has 5 nitrogen and oxygen atoms in total. The summed E-state index contributed by atoms with van der Waals surface area (Å²) in [6.45, 7) is 1.25. The molecule has 1 aliphatic heterocycles. The zero-order valence-corrected chi connectivity index (χ0v) is 12.0. The third kappa shape index (κ3) is 3.42. The first-order valence-corrected chi connectivity index (χ1v) is 6.80. The minimum absolute atomic E-state index is 0.0698. The lowest BCUT2D eigenvalue weighted by atomic mass is 10.1. The minimum Gasteiger partial charge on any atom is -0.497 e. The molecule has 1 N–H and O–H groups in total. The monoisotopic (exact) mass is 279 g/mol. The summed E-state index contributed by atoms with van der Waals surface area (Å²) in [4.78, 5) is 14.1. The lowest BCUT2D eigenvalue weighted by Gasteiger charge is -2.29. The first kappa shape index (κ1) is 14.7. The number of rotatable bonds is 4. The van der Waals surface area contributed by atoms with Gasteiger partial charge in [0.2, 0.25) is 5.91 Å². The second kappa shape index (κ2) is 6.61. The molecule has 5 heteroatoms. The Balaban J connectivity index is 2.03. The molecule has 0 aromatic heterocycles. The Morgan fingerprint density at radius 3 is 2.60 bits per heavy atom. The van der Waals surface area contributed by atoms with Gasteiger partial charge in [-0.1, -0.05) is 6.07 Å². The summed E-state index contributed by atoms with van der Waals surface area (Å²) in [5.41, 5.74) is 0.851. The number of carbonyl (C=O) groups excluding carboxylic acids is 1. The topological polar surface area (TPSA) is 59.0 Å². The van der Waals surface area contributed by atoms with Gasteiger partial charge in [0.15, 0.2) is 0 Å². The second-order valence-electron chi connectivity index (χ2n) is 4.97. The zero-order chi connectivity index (χ0) is 14.5. The van der Waals surface area contributed by atoms with E-state index in [2.05, 4.69) is 0 Å². The van der Waals surface area contributed by atoms with E-state index in [1.165, 1.54) is 0 Å². The van der Waals surface area contributed by atoms with Crippen LogP contribution in [-0.4, -0.2) is 49.3 Å². The minimum atomic E-state index is -0.269. The quantitative estimate of drug-likeness (QED) is 0.900. The molecule has 0 atom stereocenters. The van der Waals surface area contributed by atoms with Crippen molar-refractivity contribution in [2.75, 3.05) is 27.3 Å². The molecule has 1 amide bonds. The van der Waals surface area contributed by atoms with E-state index >= 15 is 0 Å². The van der Waals surface area contributed by atoms with Gasteiger partial charge in [0, 0.05) is 24.7 Å². The van der Waals surface area contributed by atoms with Crippen LogP contribution in [0.5, 0.6) is 11.5 Å². The maximum atomic E-state index is 12.3. The number of hydrogen-bond donors (Lipinski definition) is 1. The first-order chi connectivity index (χ1) is 9.63. The van der Waals surface area contributed by atoms with Crippen molar-refractivity contribution in [3.8, 4) is 11.5 Å². The summed E-state index contributed by atoms with van der Waals surface area (Å²) in [5.74, 6) is 1.44. The molecule has 0 bridgehead atoms. The summed E-state index contributed by atoms with van der Waals surface area (Å²) < 4.78 is 10.4. The molecule has 0 saturated carbocycles. The Morgan fingerprint density at radius 1 is 1.30 bits per heavy atom. The van der Waals surface area contributed by atoms with Crippen LogP contribution in [0.1, 0.15) is 18.4 Å². The van der Waals surface area contributed by atoms with E-state index in [4.69, 9.17) is 9.47 Å². The largest absolute Gasteiger partial charge is 0.497 e. The van der Waals surface area contributed by atoms with E-state index in [1.807, 2.05) is 12.1 Å². The fourth-order valence-electron chi connectivity index (χ4n) is 2.39. The normalized spacial score (nSPS) is 16.1. The molecule has 0 spiro atoms. The van der Waals surface area contributed by atoms with Gasteiger partial charge in [-0.15, -0.1) is 0 Å². The molecular weight excluding hydrogens is 258 g/mol. The molecular formula is C15H21NO4. The van der Waals surface area contributed by atoms with Crippen LogP contribution in [0.2, 0.25) is 0 Å². The van der Waals surface area contributed by atoms with E-state index in [9.17, 15) is 9.90 Å². The highest BCUT2D eigenvalue weighted by molar-refractivity contribution is 5.79. The number of hydrogen-bond acceptors (Lipinski definition) is 4. The van der Waals surface area contributed by atoms with Crippen LogP contribution in [0, 0.1) is 0 Å². The van der Waals surface area contributed by atoms with Gasteiger partial charge in [-0.2, -0.15) is 0 Å². The number of benzene rings is 1. The molecule has 1 heterocycles. The highest BCUT2D eigenvalue weighted by atomic mass is 16.5. The molecule has 1 saturated heterocycles. The van der Waals surface area contributed by atoms with E-state index in [1.54, 1.807) is 25.2 Å². The molecule has 0 unspecified atom stereocenters. The molecule has 110 valence electrons. The van der Waals surface area contributed by atoms with Crippen molar-refractivity contribution in [3.63, 3.8) is 0 Å². The predicted octanol–water partition coefficient (Wildman–Crippen LogP) is 1.23. The summed E-state index contributed by atoms with van der Waals surface area (Å²) in [5, 5.41) is 9.47. The van der Waals surface area contributed by atoms with Crippen molar-refractivity contribution < 1.29 is 19.4 Å². The van der Waals surface area contributed by atoms with Crippen LogP contribution >= 0.6 is 0 Å². The third-order valence-electron chi connectivity index (χ3n) is 3.65. The highest BCUT2D eigenvalue weighted by Gasteiger charge is 2.22. The summed E-state index contributed by atoms with van der Waals surface area (Å²) >= 11 is 0. The number of aliphatic hydroxyl groups excluding tert-OH is 1. The second-order valence-corrected chi connectivity index (χ2v) is 4.97. The van der Waals surface area contributed by atoms with Gasteiger partial charge in [-0.25, -0.2) is 0 Å². The van der Waals surface area contributed by atoms with Gasteiger partial charge in [0.25, 0.3) is 0 Å². The molecule has 1 aromatic rings. The van der Waals surface area contributed by atoms with E-state index in [0.717, 1.165) is 5.56 Å². The van der Waals surface area contributed by atoms with Crippen molar-refractivity contribution in [2.24, 2.45) is 0 Å². The van der Waals surface area contributed by atoms with Gasteiger partial charge in [0.05, 0.1) is 26.7 Å². The van der Waals surface area contributed by atoms with Crippen LogP contribution in [0.15, 0.2) is 18.2 Å². The fraction of sp³-hybridized carbons (Fsp3) is 0.533. The van der Waals surface area contributed by atoms with Gasteiger partial charge in [-0.3, -0.25) is 4.79 Å². The average molecular weight is 279 g/mol. The SMILES string of the molecule is COc1ccc(CC(=O)N2CCC(O)CC2)c(OC)c1. The predicted molar refractivity (Wildman–Crippen MR) is 75.1 cm³/mol. The van der Waals surface area contributed by atoms with Gasteiger partial charge in [-0.05, 0) is 18.9 Å². The molecule has 20 heavy (non-hydrogen) atoms. The zero-order valence-electron chi connectivity index (χ0n) is 12.0. The van der Waals surface area contributed by atoms with Crippen LogP contribution in [0.25, 0.3) is 0 Å². The van der Waals surface area contributed by atoms with Crippen molar-refractivity contribution in [1.29, 1.82) is 0 Å². The Bertz CT molecular complexity index is 467. The lowest BCUT2D eigenvalue weighted by molar-refractivity contribution is -0.132.